The standard InChI is InChI=1S/C20H22N2O3S2/c1-3-23-17-9-19-18(24-12-25-19)7-14(17)10-21-16(8-15-5-4-6-26-15)20-22-13(2)11-27-20/h4-7,9,11,16,21H,3,8,10,12H2,1-2H3/t16-/m0/s1. The molecule has 1 N–H and O–H groups in total. The highest BCUT2D eigenvalue weighted by Crippen LogP contribution is 2.38. The highest BCUT2D eigenvalue weighted by Gasteiger charge is 2.20. The lowest BCUT2D eigenvalue weighted by Crippen LogP contribution is -2.23. The lowest BCUT2D eigenvalue weighted by atomic mass is 10.1. The molecule has 0 aliphatic carbocycles. The Morgan fingerprint density at radius 1 is 1.26 bits per heavy atom. The minimum Gasteiger partial charge on any atom is -0.493 e. The molecule has 1 aliphatic heterocycles. The van der Waals surface area contributed by atoms with E-state index in [-0.39, 0.29) is 12.8 Å². The first-order valence-corrected chi connectivity index (χ1v) is 10.7. The average Bonchev–Trinajstić information content (AvgIpc) is 3.40. The molecular weight excluding hydrogens is 380 g/mol. The van der Waals surface area contributed by atoms with Crippen molar-refractivity contribution in [2.75, 3.05) is 13.4 Å². The number of thiophene rings is 1. The summed E-state index contributed by atoms with van der Waals surface area (Å²) in [6.45, 7) is 5.56. The maximum Gasteiger partial charge on any atom is 0.231 e. The molecule has 5 nitrogen and oxygen atoms in total. The zero-order valence-corrected chi connectivity index (χ0v) is 17.0. The Morgan fingerprint density at radius 3 is 2.81 bits per heavy atom. The lowest BCUT2D eigenvalue weighted by Gasteiger charge is -2.18. The largest absolute Gasteiger partial charge is 0.493 e. The minimum absolute atomic E-state index is 0.155. The van der Waals surface area contributed by atoms with Gasteiger partial charge in [-0.05, 0) is 31.4 Å². The zero-order chi connectivity index (χ0) is 18.6. The number of ether oxygens (including phenoxy) is 3. The van der Waals surface area contributed by atoms with Crippen molar-refractivity contribution in [1.29, 1.82) is 0 Å². The second-order valence-corrected chi connectivity index (χ2v) is 8.21. The third-order valence-electron chi connectivity index (χ3n) is 4.31. The molecule has 0 amide bonds. The molecule has 0 saturated heterocycles. The van der Waals surface area contributed by atoms with Gasteiger partial charge in [0, 0.05) is 40.5 Å². The molecule has 27 heavy (non-hydrogen) atoms. The maximum atomic E-state index is 5.82. The highest BCUT2D eigenvalue weighted by molar-refractivity contribution is 7.10. The number of benzene rings is 1. The molecule has 0 fully saturated rings. The van der Waals surface area contributed by atoms with E-state index in [4.69, 9.17) is 19.2 Å². The summed E-state index contributed by atoms with van der Waals surface area (Å²) in [7, 11) is 0. The Bertz CT molecular complexity index is 893. The first kappa shape index (κ1) is 18.3. The Morgan fingerprint density at radius 2 is 2.11 bits per heavy atom. The van der Waals surface area contributed by atoms with Crippen LogP contribution in [0.5, 0.6) is 17.2 Å². The van der Waals surface area contributed by atoms with Crippen LogP contribution in [0.15, 0.2) is 35.0 Å². The second-order valence-electron chi connectivity index (χ2n) is 6.29. The Balaban J connectivity index is 1.55. The van der Waals surface area contributed by atoms with Gasteiger partial charge in [0.15, 0.2) is 11.5 Å². The molecule has 4 rings (SSSR count). The fourth-order valence-corrected chi connectivity index (χ4v) is 4.66. The summed E-state index contributed by atoms with van der Waals surface area (Å²) < 4.78 is 16.8. The van der Waals surface area contributed by atoms with Crippen LogP contribution in [0.25, 0.3) is 0 Å². The molecule has 0 bridgehead atoms. The zero-order valence-electron chi connectivity index (χ0n) is 15.4. The van der Waals surface area contributed by atoms with Crippen LogP contribution in [0.1, 0.15) is 34.1 Å². The summed E-state index contributed by atoms with van der Waals surface area (Å²) in [5.74, 6) is 2.35. The average molecular weight is 403 g/mol. The fourth-order valence-electron chi connectivity index (χ4n) is 3.04. The maximum absolute atomic E-state index is 5.82. The summed E-state index contributed by atoms with van der Waals surface area (Å²) in [5.41, 5.74) is 2.12. The molecule has 0 spiro atoms. The monoisotopic (exact) mass is 402 g/mol. The molecule has 0 saturated carbocycles. The van der Waals surface area contributed by atoms with Gasteiger partial charge in [0.05, 0.1) is 12.6 Å². The van der Waals surface area contributed by atoms with Gasteiger partial charge in [-0.25, -0.2) is 4.98 Å². The van der Waals surface area contributed by atoms with Gasteiger partial charge in [-0.3, -0.25) is 0 Å². The van der Waals surface area contributed by atoms with Crippen molar-refractivity contribution in [1.82, 2.24) is 10.3 Å². The lowest BCUT2D eigenvalue weighted by molar-refractivity contribution is 0.173. The topological polar surface area (TPSA) is 52.6 Å². The number of nitrogens with one attached hydrogen (secondary N) is 1. The van der Waals surface area contributed by atoms with E-state index in [1.807, 2.05) is 26.0 Å². The summed E-state index contributed by atoms with van der Waals surface area (Å²) >= 11 is 3.48. The van der Waals surface area contributed by atoms with E-state index in [2.05, 4.69) is 28.2 Å². The molecule has 1 atom stereocenters. The van der Waals surface area contributed by atoms with Gasteiger partial charge in [-0.2, -0.15) is 0 Å². The van der Waals surface area contributed by atoms with Crippen molar-refractivity contribution in [3.05, 3.63) is 56.2 Å². The number of nitrogens with zero attached hydrogens (tertiary/aromatic N) is 1. The molecule has 1 aliphatic rings. The SMILES string of the molecule is CCOc1cc2c(cc1CN[C@@H](Cc1cccs1)c1nc(C)cs1)OCO2. The van der Waals surface area contributed by atoms with Crippen LogP contribution in [-0.2, 0) is 13.0 Å². The van der Waals surface area contributed by atoms with Crippen molar-refractivity contribution in [3.63, 3.8) is 0 Å². The summed E-state index contributed by atoms with van der Waals surface area (Å²) in [4.78, 5) is 6.05. The van der Waals surface area contributed by atoms with Crippen LogP contribution in [-0.4, -0.2) is 18.4 Å². The number of aryl methyl sites for hydroxylation is 1. The molecule has 0 radical (unpaired) electrons. The predicted molar refractivity (Wildman–Crippen MR) is 108 cm³/mol. The molecule has 3 heterocycles. The van der Waals surface area contributed by atoms with Gasteiger partial charge in [-0.1, -0.05) is 6.07 Å². The number of rotatable bonds is 8. The van der Waals surface area contributed by atoms with Gasteiger partial charge >= 0.3 is 0 Å². The van der Waals surface area contributed by atoms with Crippen LogP contribution < -0.4 is 19.5 Å². The quantitative estimate of drug-likeness (QED) is 0.591. The van der Waals surface area contributed by atoms with Crippen molar-refractivity contribution in [2.45, 2.75) is 32.9 Å². The molecule has 7 heteroatoms. The van der Waals surface area contributed by atoms with E-state index in [0.717, 1.165) is 39.9 Å². The number of hydrogen-bond acceptors (Lipinski definition) is 7. The summed E-state index contributed by atoms with van der Waals surface area (Å²) in [6.07, 6.45) is 0.916. The number of hydrogen-bond donors (Lipinski definition) is 1. The van der Waals surface area contributed by atoms with Gasteiger partial charge < -0.3 is 19.5 Å². The normalized spacial score (nSPS) is 13.7. The molecule has 0 unspecified atom stereocenters. The molecule has 2 aromatic heterocycles. The van der Waals surface area contributed by atoms with E-state index >= 15 is 0 Å². The summed E-state index contributed by atoms with van der Waals surface area (Å²) in [6, 6.07) is 8.35. The molecule has 1 aromatic carbocycles. The molecule has 142 valence electrons. The Labute approximate surface area is 166 Å². The van der Waals surface area contributed by atoms with E-state index in [1.54, 1.807) is 22.7 Å². The van der Waals surface area contributed by atoms with Crippen LogP contribution in [0.4, 0.5) is 0 Å². The van der Waals surface area contributed by atoms with E-state index < -0.39 is 0 Å². The van der Waals surface area contributed by atoms with Crippen LogP contribution in [0.3, 0.4) is 0 Å². The molecular formula is C20H22N2O3S2. The minimum atomic E-state index is 0.155. The van der Waals surface area contributed by atoms with Crippen molar-refractivity contribution >= 4 is 22.7 Å². The Kier molecular flexibility index (Phi) is 5.61. The third kappa shape index (κ3) is 4.26. The van der Waals surface area contributed by atoms with E-state index in [1.165, 1.54) is 4.88 Å². The van der Waals surface area contributed by atoms with E-state index in [9.17, 15) is 0 Å². The highest BCUT2D eigenvalue weighted by atomic mass is 32.1. The van der Waals surface area contributed by atoms with Crippen LogP contribution in [0.2, 0.25) is 0 Å². The van der Waals surface area contributed by atoms with Crippen LogP contribution >= 0.6 is 22.7 Å². The van der Waals surface area contributed by atoms with Crippen molar-refractivity contribution in [3.8, 4) is 17.2 Å². The van der Waals surface area contributed by atoms with E-state index in [0.29, 0.717) is 13.2 Å². The second kappa shape index (κ2) is 8.29. The van der Waals surface area contributed by atoms with Gasteiger partial charge in [0.1, 0.15) is 10.8 Å². The number of thiazole rings is 1. The third-order valence-corrected chi connectivity index (χ3v) is 6.29. The van der Waals surface area contributed by atoms with Gasteiger partial charge in [0.2, 0.25) is 6.79 Å². The number of fused-ring (bicyclic) bond motifs is 1. The Hall–Kier alpha value is -2.09. The smallest absolute Gasteiger partial charge is 0.231 e. The van der Waals surface area contributed by atoms with Gasteiger partial charge in [0.25, 0.3) is 0 Å². The fraction of sp³-hybridized carbons (Fsp3) is 0.350. The van der Waals surface area contributed by atoms with Crippen molar-refractivity contribution in [2.24, 2.45) is 0 Å². The van der Waals surface area contributed by atoms with Crippen LogP contribution in [0, 0.1) is 6.92 Å². The predicted octanol–water partition coefficient (Wildman–Crippen LogP) is 4.71. The molecule has 3 aromatic rings. The number of aromatic nitrogens is 1. The summed E-state index contributed by atoms with van der Waals surface area (Å²) in [5, 5.41) is 9.00. The van der Waals surface area contributed by atoms with Gasteiger partial charge in [-0.15, -0.1) is 22.7 Å². The van der Waals surface area contributed by atoms with Crippen molar-refractivity contribution < 1.29 is 14.2 Å². The first-order chi connectivity index (χ1) is 13.2. The first-order valence-electron chi connectivity index (χ1n) is 8.96.